The molecule has 0 spiro atoms. The average molecular weight is 389 g/mol. The number of aromatic nitrogens is 1. The molecule has 2 heterocycles. The average Bonchev–Trinajstić information content (AvgIpc) is 2.72. The Bertz CT molecular complexity index is 672. The van der Waals surface area contributed by atoms with E-state index in [1.54, 1.807) is 0 Å². The molecule has 2 N–H and O–H groups in total. The third kappa shape index (κ3) is 3.22. The molecule has 1 aliphatic carbocycles. The Morgan fingerprint density at radius 3 is 2.62 bits per heavy atom. The first-order chi connectivity index (χ1) is 11.2. The van der Waals surface area contributed by atoms with Crippen LogP contribution in [0.1, 0.15) is 48.6 Å². The van der Waals surface area contributed by atoms with Gasteiger partial charge in [-0.3, -0.25) is 4.98 Å². The van der Waals surface area contributed by atoms with Gasteiger partial charge in [0.15, 0.2) is 0 Å². The van der Waals surface area contributed by atoms with Crippen LogP contribution < -0.4 is 5.32 Å². The molecule has 1 unspecified atom stereocenters. The van der Waals surface area contributed by atoms with Crippen molar-refractivity contribution in [2.24, 2.45) is 5.92 Å². The summed E-state index contributed by atoms with van der Waals surface area (Å²) in [5, 5.41) is 13.4. The number of halogens is 1. The van der Waals surface area contributed by atoms with Gasteiger partial charge in [-0.2, -0.15) is 0 Å². The van der Waals surface area contributed by atoms with Gasteiger partial charge >= 0.3 is 0 Å². The molecule has 1 aromatic heterocycles. The minimum atomic E-state index is 0. The number of hydrogen-bond acceptors (Lipinski definition) is 3. The van der Waals surface area contributed by atoms with Gasteiger partial charge in [0.2, 0.25) is 0 Å². The Labute approximate surface area is 152 Å². The molecule has 1 saturated heterocycles. The zero-order chi connectivity index (χ0) is 15.8. The van der Waals surface area contributed by atoms with Gasteiger partial charge < -0.3 is 10.4 Å². The summed E-state index contributed by atoms with van der Waals surface area (Å²) in [6.45, 7) is 2.17. The highest BCUT2D eigenvalue weighted by atomic mass is 79.9. The number of fused-ring (bicyclic) bond motifs is 2. The lowest BCUT2D eigenvalue weighted by Gasteiger charge is -2.32. The number of aryl methyl sites for hydroxylation is 2. The van der Waals surface area contributed by atoms with Crippen LogP contribution >= 0.6 is 15.9 Å². The van der Waals surface area contributed by atoms with Crippen LogP contribution in [-0.4, -0.2) is 23.2 Å². The van der Waals surface area contributed by atoms with Gasteiger partial charge in [0, 0.05) is 16.6 Å². The summed E-state index contributed by atoms with van der Waals surface area (Å²) in [5.74, 6) is 1.33. The maximum atomic E-state index is 9.90. The lowest BCUT2D eigenvalue weighted by molar-refractivity contribution is 0.338. The highest BCUT2D eigenvalue weighted by Gasteiger charge is 2.32. The first kappa shape index (κ1) is 17.4. The molecular formula is C20H25BrN2O. The number of pyridine rings is 1. The Hall–Kier alpha value is -1.39. The Morgan fingerprint density at radius 1 is 1.08 bits per heavy atom. The molecular weight excluding hydrogens is 364 g/mol. The lowest BCUT2D eigenvalue weighted by atomic mass is 9.77. The van der Waals surface area contributed by atoms with Crippen LogP contribution in [0.5, 0.6) is 5.75 Å². The second-order valence-electron chi connectivity index (χ2n) is 6.65. The van der Waals surface area contributed by atoms with Crippen molar-refractivity contribution < 1.29 is 5.11 Å². The molecule has 0 bridgehead atoms. The fraction of sp³-hybridized carbons (Fsp3) is 0.450. The van der Waals surface area contributed by atoms with Crippen LogP contribution in [0.2, 0.25) is 0 Å². The number of nitrogens with zero attached hydrogens (tertiary/aromatic N) is 1. The van der Waals surface area contributed by atoms with Crippen molar-refractivity contribution in [3.63, 3.8) is 0 Å². The van der Waals surface area contributed by atoms with Crippen molar-refractivity contribution in [2.45, 2.75) is 39.0 Å². The van der Waals surface area contributed by atoms with E-state index in [4.69, 9.17) is 4.98 Å². The van der Waals surface area contributed by atoms with Gasteiger partial charge in [-0.05, 0) is 95.5 Å². The predicted molar refractivity (Wildman–Crippen MR) is 102 cm³/mol. The van der Waals surface area contributed by atoms with E-state index >= 15 is 0 Å². The summed E-state index contributed by atoms with van der Waals surface area (Å²) in [6, 6.07) is 8.12. The lowest BCUT2D eigenvalue weighted by Crippen LogP contribution is -2.31. The summed E-state index contributed by atoms with van der Waals surface area (Å²) < 4.78 is 1.05. The van der Waals surface area contributed by atoms with E-state index in [1.807, 2.05) is 18.3 Å². The molecule has 0 radical (unpaired) electrons. The van der Waals surface area contributed by atoms with E-state index < -0.39 is 0 Å². The normalized spacial score (nSPS) is 20.5. The van der Waals surface area contributed by atoms with Crippen LogP contribution in [-0.2, 0) is 12.8 Å². The third-order valence-corrected chi connectivity index (χ3v) is 5.68. The summed E-state index contributed by atoms with van der Waals surface area (Å²) >= 11 is 3.57. The van der Waals surface area contributed by atoms with Crippen LogP contribution in [0.25, 0.3) is 0 Å². The summed E-state index contributed by atoms with van der Waals surface area (Å²) in [5.41, 5.74) is 5.23. The molecule has 1 atom stereocenters. The maximum absolute atomic E-state index is 9.90. The molecule has 4 rings (SSSR count). The van der Waals surface area contributed by atoms with Crippen molar-refractivity contribution in [2.75, 3.05) is 13.1 Å². The van der Waals surface area contributed by atoms with E-state index in [9.17, 15) is 5.11 Å². The molecule has 2 aromatic rings. The van der Waals surface area contributed by atoms with E-state index in [1.165, 1.54) is 35.2 Å². The SMILES string of the molecule is C.Oc1ccc2c(c1)CCc1cc(Br)cnc1C2C1CCNCC1. The molecule has 2 aliphatic rings. The third-order valence-electron chi connectivity index (χ3n) is 5.24. The van der Waals surface area contributed by atoms with Crippen molar-refractivity contribution in [1.82, 2.24) is 10.3 Å². The van der Waals surface area contributed by atoms with E-state index in [0.717, 1.165) is 30.4 Å². The predicted octanol–water partition coefficient (Wildman–Crippen LogP) is 4.42. The van der Waals surface area contributed by atoms with Crippen LogP contribution in [0, 0.1) is 5.92 Å². The molecule has 128 valence electrons. The number of phenols is 1. The quantitative estimate of drug-likeness (QED) is 0.759. The van der Waals surface area contributed by atoms with E-state index in [-0.39, 0.29) is 7.43 Å². The van der Waals surface area contributed by atoms with Crippen molar-refractivity contribution in [3.05, 3.63) is 57.3 Å². The van der Waals surface area contributed by atoms with Gasteiger partial charge in [0.25, 0.3) is 0 Å². The highest BCUT2D eigenvalue weighted by Crippen LogP contribution is 2.42. The van der Waals surface area contributed by atoms with Gasteiger partial charge in [0.05, 0.1) is 5.69 Å². The Balaban J connectivity index is 0.00000169. The number of nitrogens with one attached hydrogen (secondary N) is 1. The van der Waals surface area contributed by atoms with Crippen LogP contribution in [0.3, 0.4) is 0 Å². The fourth-order valence-electron chi connectivity index (χ4n) is 4.16. The standard InChI is InChI=1S/C19H21BrN2O.CH4/c20-15-9-14-2-1-13-10-16(23)3-4-17(13)18(19(14)22-11-15)12-5-7-21-8-6-12;/h3-4,9-12,18,21,23H,1-2,5-8H2;1H4. The number of piperidine rings is 1. The minimum absolute atomic E-state index is 0. The largest absolute Gasteiger partial charge is 0.508 e. The smallest absolute Gasteiger partial charge is 0.115 e. The molecule has 24 heavy (non-hydrogen) atoms. The Morgan fingerprint density at radius 2 is 1.83 bits per heavy atom. The van der Waals surface area contributed by atoms with Crippen molar-refractivity contribution >= 4 is 15.9 Å². The van der Waals surface area contributed by atoms with Crippen molar-refractivity contribution in [3.8, 4) is 5.75 Å². The summed E-state index contributed by atoms with van der Waals surface area (Å²) in [7, 11) is 0. The molecule has 0 saturated carbocycles. The number of benzene rings is 1. The maximum Gasteiger partial charge on any atom is 0.115 e. The Kier molecular flexibility index (Phi) is 5.26. The zero-order valence-electron chi connectivity index (χ0n) is 13.1. The minimum Gasteiger partial charge on any atom is -0.508 e. The topological polar surface area (TPSA) is 45.2 Å². The first-order valence-electron chi connectivity index (χ1n) is 8.39. The summed E-state index contributed by atoms with van der Waals surface area (Å²) in [4.78, 5) is 4.83. The molecule has 1 fully saturated rings. The van der Waals surface area contributed by atoms with E-state index in [0.29, 0.717) is 17.6 Å². The molecule has 0 amide bonds. The second-order valence-corrected chi connectivity index (χ2v) is 7.56. The second kappa shape index (κ2) is 7.24. The van der Waals surface area contributed by atoms with Gasteiger partial charge in [0.1, 0.15) is 5.75 Å². The number of hydrogen-bond donors (Lipinski definition) is 2. The van der Waals surface area contributed by atoms with Gasteiger partial charge in [-0.15, -0.1) is 0 Å². The molecule has 1 aliphatic heterocycles. The summed E-state index contributed by atoms with van der Waals surface area (Å²) in [6.07, 6.45) is 6.25. The first-order valence-corrected chi connectivity index (χ1v) is 9.18. The van der Waals surface area contributed by atoms with Crippen molar-refractivity contribution in [1.29, 1.82) is 0 Å². The zero-order valence-corrected chi connectivity index (χ0v) is 14.6. The van der Waals surface area contributed by atoms with E-state index in [2.05, 4.69) is 33.4 Å². The number of phenolic OH excluding ortho intramolecular Hbond substituents is 1. The number of aromatic hydroxyl groups is 1. The molecule has 3 nitrogen and oxygen atoms in total. The molecule has 1 aromatic carbocycles. The fourth-order valence-corrected chi connectivity index (χ4v) is 4.53. The van der Waals surface area contributed by atoms with Crippen LogP contribution in [0.4, 0.5) is 0 Å². The van der Waals surface area contributed by atoms with Gasteiger partial charge in [-0.25, -0.2) is 0 Å². The monoisotopic (exact) mass is 388 g/mol. The molecule has 4 heteroatoms. The highest BCUT2D eigenvalue weighted by molar-refractivity contribution is 9.10. The number of rotatable bonds is 1. The van der Waals surface area contributed by atoms with Crippen LogP contribution in [0.15, 0.2) is 34.9 Å². The van der Waals surface area contributed by atoms with Gasteiger partial charge in [-0.1, -0.05) is 13.5 Å².